The van der Waals surface area contributed by atoms with Gasteiger partial charge in [-0.15, -0.1) is 0 Å². The van der Waals surface area contributed by atoms with Crippen molar-refractivity contribution < 1.29 is 13.6 Å². The second-order valence-corrected chi connectivity index (χ2v) is 9.12. The molecule has 0 spiro atoms. The van der Waals surface area contributed by atoms with E-state index >= 15 is 0 Å². The molecule has 2 aromatic carbocycles. The lowest BCUT2D eigenvalue weighted by Gasteiger charge is -2.10. The van der Waals surface area contributed by atoms with Gasteiger partial charge in [0, 0.05) is 11.3 Å². The fourth-order valence-corrected chi connectivity index (χ4v) is 4.29. The van der Waals surface area contributed by atoms with Gasteiger partial charge in [0.25, 0.3) is 12.3 Å². The van der Waals surface area contributed by atoms with Crippen molar-refractivity contribution in [2.75, 3.05) is 5.32 Å². The van der Waals surface area contributed by atoms with Crippen LogP contribution in [0.2, 0.25) is 0 Å². The first-order chi connectivity index (χ1) is 17.3. The molecule has 0 saturated carbocycles. The van der Waals surface area contributed by atoms with Crippen LogP contribution in [0.4, 0.5) is 14.5 Å². The molecule has 5 rings (SSSR count). The Labute approximate surface area is 213 Å². The lowest BCUT2D eigenvalue weighted by atomic mass is 10.1. The minimum absolute atomic E-state index is 0.0628. The highest BCUT2D eigenvalue weighted by atomic mass is 79.9. The number of halogens is 3. The number of nitrogens with zero attached hydrogens (tertiary/aromatic N) is 5. The number of fused-ring (bicyclic) bond motifs is 1. The maximum atomic E-state index is 13.8. The van der Waals surface area contributed by atoms with E-state index in [9.17, 15) is 13.6 Å². The molecule has 5 aromatic rings. The van der Waals surface area contributed by atoms with Crippen molar-refractivity contribution in [1.29, 1.82) is 0 Å². The van der Waals surface area contributed by atoms with Crippen LogP contribution in [0.5, 0.6) is 0 Å². The number of aryl methyl sites for hydroxylation is 1. The molecule has 0 bridgehead atoms. The first-order valence-corrected chi connectivity index (χ1v) is 11.9. The Hall–Kier alpha value is -3.92. The quantitative estimate of drug-likeness (QED) is 0.272. The summed E-state index contributed by atoms with van der Waals surface area (Å²) in [6.07, 6.45) is -1.53. The Morgan fingerprint density at radius 2 is 1.86 bits per heavy atom. The molecular weight excluding hydrogens is 530 g/mol. The minimum atomic E-state index is -2.79. The average Bonchev–Trinajstić information content (AvgIpc) is 3.41. The van der Waals surface area contributed by atoms with Crippen molar-refractivity contribution in [2.45, 2.75) is 26.8 Å². The molecule has 0 radical (unpaired) electrons. The molecule has 0 atom stereocenters. The molecule has 3 aromatic heterocycles. The Kier molecular flexibility index (Phi) is 6.36. The van der Waals surface area contributed by atoms with Crippen molar-refractivity contribution in [2.24, 2.45) is 0 Å². The van der Waals surface area contributed by atoms with Crippen molar-refractivity contribution >= 4 is 33.2 Å². The summed E-state index contributed by atoms with van der Waals surface area (Å²) in [7, 11) is 0. The van der Waals surface area contributed by atoms with Gasteiger partial charge in [0.2, 0.25) is 0 Å². The number of carbonyl (C=O) groups excluding carboxylic acids is 1. The van der Waals surface area contributed by atoms with E-state index in [1.54, 1.807) is 30.3 Å². The molecule has 0 aliphatic rings. The van der Waals surface area contributed by atoms with Gasteiger partial charge in [0.05, 0.1) is 34.3 Å². The molecule has 1 amide bonds. The number of benzene rings is 2. The maximum Gasteiger partial charge on any atom is 0.280 e. The van der Waals surface area contributed by atoms with E-state index in [0.29, 0.717) is 23.5 Å². The van der Waals surface area contributed by atoms with Crippen LogP contribution in [0.15, 0.2) is 71.3 Å². The third kappa shape index (κ3) is 4.51. The number of anilines is 1. The summed E-state index contributed by atoms with van der Waals surface area (Å²) in [5.41, 5.74) is 4.23. The molecule has 7 nitrogen and oxygen atoms in total. The standard InChI is InChI=1S/C26H21BrF2N6O/c1-15-23(27)16(2)34(33-15)14-17-7-6-10-19(11-17)31-26(36)20-13-30-35-22(24(28)29)12-21(32-25(20)35)18-8-4-3-5-9-18/h3-13,24H,14H2,1-2H3,(H,31,36). The molecule has 0 unspecified atom stereocenters. The van der Waals surface area contributed by atoms with Crippen molar-refractivity contribution in [3.8, 4) is 11.3 Å². The SMILES string of the molecule is Cc1nn(Cc2cccc(NC(=O)c3cnn4c(C(F)F)cc(-c5ccccc5)nc34)c2)c(C)c1Br. The second kappa shape index (κ2) is 9.62. The average molecular weight is 551 g/mol. The summed E-state index contributed by atoms with van der Waals surface area (Å²) in [6.45, 7) is 4.43. The van der Waals surface area contributed by atoms with Gasteiger partial charge in [-0.1, -0.05) is 42.5 Å². The fourth-order valence-electron chi connectivity index (χ4n) is 4.01. The van der Waals surface area contributed by atoms with Gasteiger partial charge in [-0.3, -0.25) is 9.48 Å². The van der Waals surface area contributed by atoms with E-state index in [0.717, 1.165) is 25.9 Å². The Bertz CT molecular complexity index is 1580. The van der Waals surface area contributed by atoms with Crippen molar-refractivity contribution in [3.63, 3.8) is 0 Å². The molecule has 36 heavy (non-hydrogen) atoms. The number of nitrogens with one attached hydrogen (secondary N) is 1. The van der Waals surface area contributed by atoms with Crippen LogP contribution in [0.3, 0.4) is 0 Å². The Morgan fingerprint density at radius 1 is 1.08 bits per heavy atom. The van der Waals surface area contributed by atoms with Gasteiger partial charge in [-0.2, -0.15) is 10.2 Å². The number of hydrogen-bond donors (Lipinski definition) is 1. The lowest BCUT2D eigenvalue weighted by molar-refractivity contribution is 0.102. The van der Waals surface area contributed by atoms with Crippen molar-refractivity contribution in [1.82, 2.24) is 24.4 Å². The van der Waals surface area contributed by atoms with Crippen LogP contribution in [0, 0.1) is 13.8 Å². The highest BCUT2D eigenvalue weighted by Gasteiger charge is 2.22. The van der Waals surface area contributed by atoms with E-state index in [-0.39, 0.29) is 16.9 Å². The van der Waals surface area contributed by atoms with Gasteiger partial charge in [-0.25, -0.2) is 18.3 Å². The predicted molar refractivity (Wildman–Crippen MR) is 136 cm³/mol. The lowest BCUT2D eigenvalue weighted by Crippen LogP contribution is -2.13. The highest BCUT2D eigenvalue weighted by molar-refractivity contribution is 9.10. The molecule has 182 valence electrons. The minimum Gasteiger partial charge on any atom is -0.322 e. The predicted octanol–water partition coefficient (Wildman–Crippen LogP) is 6.21. The van der Waals surface area contributed by atoms with Crippen LogP contribution < -0.4 is 5.32 Å². The van der Waals surface area contributed by atoms with Crippen LogP contribution in [0.25, 0.3) is 16.9 Å². The van der Waals surface area contributed by atoms with Crippen LogP contribution in [-0.4, -0.2) is 30.3 Å². The van der Waals surface area contributed by atoms with E-state index in [1.165, 1.54) is 12.3 Å². The number of alkyl halides is 2. The summed E-state index contributed by atoms with van der Waals surface area (Å²) in [6, 6.07) is 17.7. The Morgan fingerprint density at radius 3 is 2.56 bits per heavy atom. The van der Waals surface area contributed by atoms with E-state index in [4.69, 9.17) is 0 Å². The number of carbonyl (C=O) groups is 1. The van der Waals surface area contributed by atoms with E-state index in [1.807, 2.05) is 42.8 Å². The zero-order valence-electron chi connectivity index (χ0n) is 19.4. The molecule has 3 heterocycles. The first-order valence-electron chi connectivity index (χ1n) is 11.1. The van der Waals surface area contributed by atoms with Crippen LogP contribution >= 0.6 is 15.9 Å². The molecule has 0 aliphatic carbocycles. The second-order valence-electron chi connectivity index (χ2n) is 8.32. The molecule has 10 heteroatoms. The number of hydrogen-bond acceptors (Lipinski definition) is 4. The third-order valence-electron chi connectivity index (χ3n) is 5.85. The topological polar surface area (TPSA) is 77.1 Å². The van der Waals surface area contributed by atoms with Crippen molar-refractivity contribution in [3.05, 3.63) is 99.5 Å². The molecule has 1 N–H and O–H groups in total. The molecular formula is C26H21BrF2N6O. The normalized spacial score (nSPS) is 11.4. The summed E-state index contributed by atoms with van der Waals surface area (Å²) in [5, 5.41) is 11.4. The molecule has 0 aliphatic heterocycles. The molecule has 0 saturated heterocycles. The summed E-state index contributed by atoms with van der Waals surface area (Å²) < 4.78 is 31.5. The maximum absolute atomic E-state index is 13.8. The van der Waals surface area contributed by atoms with Gasteiger partial charge >= 0.3 is 0 Å². The summed E-state index contributed by atoms with van der Waals surface area (Å²) >= 11 is 3.53. The van der Waals surface area contributed by atoms with Crippen LogP contribution in [-0.2, 0) is 6.54 Å². The van der Waals surface area contributed by atoms with Gasteiger partial charge in [0.1, 0.15) is 11.3 Å². The fraction of sp³-hybridized carbons (Fsp3) is 0.154. The van der Waals surface area contributed by atoms with Gasteiger partial charge in [-0.05, 0) is 53.5 Å². The first kappa shape index (κ1) is 23.8. The monoisotopic (exact) mass is 550 g/mol. The highest BCUT2D eigenvalue weighted by Crippen LogP contribution is 2.27. The van der Waals surface area contributed by atoms with Gasteiger partial charge < -0.3 is 5.32 Å². The third-order valence-corrected chi connectivity index (χ3v) is 7.00. The molecule has 0 fully saturated rings. The van der Waals surface area contributed by atoms with E-state index < -0.39 is 12.3 Å². The zero-order valence-corrected chi connectivity index (χ0v) is 21.0. The van der Waals surface area contributed by atoms with Crippen LogP contribution in [0.1, 0.15) is 39.4 Å². The smallest absolute Gasteiger partial charge is 0.280 e. The summed E-state index contributed by atoms with van der Waals surface area (Å²) in [4.78, 5) is 17.7. The van der Waals surface area contributed by atoms with E-state index in [2.05, 4.69) is 36.4 Å². The van der Waals surface area contributed by atoms with Gasteiger partial charge in [0.15, 0.2) is 5.65 Å². The number of amides is 1. The zero-order chi connectivity index (χ0) is 25.4. The number of rotatable bonds is 6. The largest absolute Gasteiger partial charge is 0.322 e. The number of aromatic nitrogens is 5. The summed E-state index contributed by atoms with van der Waals surface area (Å²) in [5.74, 6) is -0.492. The Balaban J connectivity index is 1.46.